The number of likely N-dealkylation sites (tertiary alicyclic amines) is 1. The van der Waals surface area contributed by atoms with E-state index < -0.39 is 0 Å². The Morgan fingerprint density at radius 1 is 1.12 bits per heavy atom. The molecule has 0 aromatic heterocycles. The third kappa shape index (κ3) is 4.23. The Labute approximate surface area is 105 Å². The first-order chi connectivity index (χ1) is 7.76. The van der Waals surface area contributed by atoms with E-state index in [1.165, 1.54) is 38.8 Å². The van der Waals surface area contributed by atoms with Crippen LogP contribution in [-0.2, 0) is 4.74 Å². The molecule has 3 heteroatoms. The van der Waals surface area contributed by atoms with Gasteiger partial charge in [0.05, 0.1) is 13.2 Å². The fourth-order valence-corrected chi connectivity index (χ4v) is 2.67. The number of piperidine rings is 1. The monoisotopic (exact) mass is 247 g/mol. The van der Waals surface area contributed by atoms with E-state index in [2.05, 4.69) is 18.7 Å². The molecule has 1 saturated heterocycles. The SMILES string of the molecule is CCC1(CC)CCN(CCOCCCl)CC1. The molecule has 0 aromatic rings. The number of halogens is 1. The zero-order valence-corrected chi connectivity index (χ0v) is 11.6. The summed E-state index contributed by atoms with van der Waals surface area (Å²) in [7, 11) is 0. The molecule has 0 aromatic carbocycles. The van der Waals surface area contributed by atoms with Gasteiger partial charge in [-0.2, -0.15) is 0 Å². The topological polar surface area (TPSA) is 12.5 Å². The number of nitrogens with zero attached hydrogens (tertiary/aromatic N) is 1. The van der Waals surface area contributed by atoms with Gasteiger partial charge < -0.3 is 9.64 Å². The molecule has 16 heavy (non-hydrogen) atoms. The van der Waals surface area contributed by atoms with E-state index >= 15 is 0 Å². The minimum atomic E-state index is 0.606. The number of hydrogen-bond donors (Lipinski definition) is 0. The van der Waals surface area contributed by atoms with E-state index in [0.29, 0.717) is 17.9 Å². The van der Waals surface area contributed by atoms with Crippen molar-refractivity contribution in [1.29, 1.82) is 0 Å². The largest absolute Gasteiger partial charge is 0.379 e. The molecule has 2 nitrogen and oxygen atoms in total. The summed E-state index contributed by atoms with van der Waals surface area (Å²) in [6.45, 7) is 9.74. The van der Waals surface area contributed by atoms with Crippen molar-refractivity contribution in [1.82, 2.24) is 4.90 Å². The number of alkyl halides is 1. The maximum absolute atomic E-state index is 5.56. The number of rotatable bonds is 7. The Balaban J connectivity index is 2.16. The summed E-state index contributed by atoms with van der Waals surface area (Å²) < 4.78 is 5.42. The molecule has 96 valence electrons. The Morgan fingerprint density at radius 3 is 2.25 bits per heavy atom. The zero-order valence-electron chi connectivity index (χ0n) is 10.8. The zero-order chi connectivity index (χ0) is 11.9. The van der Waals surface area contributed by atoms with Crippen LogP contribution in [0.4, 0.5) is 0 Å². The van der Waals surface area contributed by atoms with E-state index in [1.807, 2.05) is 0 Å². The predicted octanol–water partition coefficient (Wildman–Crippen LogP) is 3.14. The second-order valence-corrected chi connectivity index (χ2v) is 5.23. The van der Waals surface area contributed by atoms with Crippen LogP contribution in [0.25, 0.3) is 0 Å². The lowest BCUT2D eigenvalue weighted by atomic mass is 9.74. The van der Waals surface area contributed by atoms with Gasteiger partial charge in [0.25, 0.3) is 0 Å². The molecule has 0 spiro atoms. The van der Waals surface area contributed by atoms with Crippen LogP contribution < -0.4 is 0 Å². The minimum absolute atomic E-state index is 0.606. The van der Waals surface area contributed by atoms with Gasteiger partial charge in [-0.25, -0.2) is 0 Å². The summed E-state index contributed by atoms with van der Waals surface area (Å²) >= 11 is 5.56. The molecule has 0 amide bonds. The van der Waals surface area contributed by atoms with Gasteiger partial charge in [0.2, 0.25) is 0 Å². The number of hydrogen-bond acceptors (Lipinski definition) is 2. The summed E-state index contributed by atoms with van der Waals surface area (Å²) in [5.41, 5.74) is 0.632. The first-order valence-corrected chi connectivity index (χ1v) is 7.16. The molecule has 0 aliphatic carbocycles. The maximum Gasteiger partial charge on any atom is 0.0602 e. The highest BCUT2D eigenvalue weighted by molar-refractivity contribution is 6.17. The van der Waals surface area contributed by atoms with Crippen LogP contribution >= 0.6 is 11.6 Å². The minimum Gasteiger partial charge on any atom is -0.379 e. The van der Waals surface area contributed by atoms with E-state index in [9.17, 15) is 0 Å². The van der Waals surface area contributed by atoms with Crippen LogP contribution in [-0.4, -0.2) is 43.6 Å². The first kappa shape index (κ1) is 14.3. The highest BCUT2D eigenvalue weighted by Gasteiger charge is 2.30. The van der Waals surface area contributed by atoms with Gasteiger partial charge in [0.15, 0.2) is 0 Å². The normalized spacial score (nSPS) is 21.2. The number of ether oxygens (including phenoxy) is 1. The van der Waals surface area contributed by atoms with E-state index in [0.717, 1.165) is 13.2 Å². The van der Waals surface area contributed by atoms with Crippen molar-refractivity contribution in [3.63, 3.8) is 0 Å². The average molecular weight is 248 g/mol. The van der Waals surface area contributed by atoms with Crippen LogP contribution in [0, 0.1) is 5.41 Å². The Bertz CT molecular complexity index is 173. The Kier molecular flexibility index (Phi) is 6.71. The lowest BCUT2D eigenvalue weighted by molar-refractivity contribution is 0.0626. The van der Waals surface area contributed by atoms with Gasteiger partial charge in [-0.3, -0.25) is 0 Å². The highest BCUT2D eigenvalue weighted by atomic mass is 35.5. The molecular weight excluding hydrogens is 222 g/mol. The van der Waals surface area contributed by atoms with Crippen LogP contribution in [0.3, 0.4) is 0 Å². The summed E-state index contributed by atoms with van der Waals surface area (Å²) in [6, 6.07) is 0. The van der Waals surface area contributed by atoms with E-state index in [1.54, 1.807) is 0 Å². The molecule has 1 heterocycles. The molecule has 1 aliphatic rings. The highest BCUT2D eigenvalue weighted by Crippen LogP contribution is 2.37. The standard InChI is InChI=1S/C13H26ClNO/c1-3-13(4-2)5-8-15(9-6-13)10-12-16-11-7-14/h3-12H2,1-2H3. The van der Waals surface area contributed by atoms with Gasteiger partial charge in [-0.1, -0.05) is 26.7 Å². The van der Waals surface area contributed by atoms with Gasteiger partial charge >= 0.3 is 0 Å². The molecule has 0 bridgehead atoms. The molecule has 0 N–H and O–H groups in total. The van der Waals surface area contributed by atoms with Crippen molar-refractivity contribution in [2.45, 2.75) is 39.5 Å². The average Bonchev–Trinajstić information content (AvgIpc) is 2.36. The van der Waals surface area contributed by atoms with Crippen molar-refractivity contribution in [3.8, 4) is 0 Å². The lowest BCUT2D eigenvalue weighted by Gasteiger charge is -2.41. The second-order valence-electron chi connectivity index (χ2n) is 4.85. The molecule has 1 aliphatic heterocycles. The lowest BCUT2D eigenvalue weighted by Crippen LogP contribution is -2.41. The second kappa shape index (κ2) is 7.52. The Morgan fingerprint density at radius 2 is 1.75 bits per heavy atom. The quantitative estimate of drug-likeness (QED) is 0.506. The third-order valence-electron chi connectivity index (χ3n) is 4.19. The van der Waals surface area contributed by atoms with Crippen molar-refractivity contribution >= 4 is 11.6 Å². The van der Waals surface area contributed by atoms with Crippen molar-refractivity contribution in [2.24, 2.45) is 5.41 Å². The molecule has 0 radical (unpaired) electrons. The van der Waals surface area contributed by atoms with Crippen LogP contribution in [0.5, 0.6) is 0 Å². The first-order valence-electron chi connectivity index (χ1n) is 6.62. The van der Waals surface area contributed by atoms with E-state index in [-0.39, 0.29) is 0 Å². The molecule has 0 saturated carbocycles. The summed E-state index contributed by atoms with van der Waals surface area (Å²) in [5, 5.41) is 0. The smallest absolute Gasteiger partial charge is 0.0602 e. The fourth-order valence-electron chi connectivity index (χ4n) is 2.56. The predicted molar refractivity (Wildman–Crippen MR) is 70.2 cm³/mol. The van der Waals surface area contributed by atoms with Gasteiger partial charge in [0, 0.05) is 12.4 Å². The molecule has 1 fully saturated rings. The van der Waals surface area contributed by atoms with E-state index in [4.69, 9.17) is 16.3 Å². The molecule has 0 atom stereocenters. The molecule has 0 unspecified atom stereocenters. The van der Waals surface area contributed by atoms with Crippen LogP contribution in [0.1, 0.15) is 39.5 Å². The van der Waals surface area contributed by atoms with Gasteiger partial charge in [0.1, 0.15) is 0 Å². The van der Waals surface area contributed by atoms with Crippen LogP contribution in [0.2, 0.25) is 0 Å². The molecule has 1 rings (SSSR count). The summed E-state index contributed by atoms with van der Waals surface area (Å²) in [5.74, 6) is 0.606. The summed E-state index contributed by atoms with van der Waals surface area (Å²) in [6.07, 6.45) is 5.38. The maximum atomic E-state index is 5.56. The van der Waals surface area contributed by atoms with Gasteiger partial charge in [-0.05, 0) is 31.3 Å². The van der Waals surface area contributed by atoms with Crippen LogP contribution in [0.15, 0.2) is 0 Å². The third-order valence-corrected chi connectivity index (χ3v) is 4.34. The van der Waals surface area contributed by atoms with Crippen molar-refractivity contribution in [2.75, 3.05) is 38.7 Å². The summed E-state index contributed by atoms with van der Waals surface area (Å²) in [4.78, 5) is 2.53. The molecular formula is C13H26ClNO. The Hall–Kier alpha value is 0.210. The van der Waals surface area contributed by atoms with Crippen molar-refractivity contribution < 1.29 is 4.74 Å². The van der Waals surface area contributed by atoms with Crippen molar-refractivity contribution in [3.05, 3.63) is 0 Å². The fraction of sp³-hybridized carbons (Fsp3) is 1.00. The van der Waals surface area contributed by atoms with Gasteiger partial charge in [-0.15, -0.1) is 11.6 Å².